The molecule has 5 rings (SSSR count). The smallest absolute Gasteiger partial charge is 0.387 e. The molecule has 4 aromatic rings. The van der Waals surface area contributed by atoms with Gasteiger partial charge in [-0.2, -0.15) is 8.78 Å². The minimum atomic E-state index is -2.99. The lowest BCUT2D eigenvalue weighted by atomic mass is 10.0. The molecule has 1 aliphatic rings. The maximum Gasteiger partial charge on any atom is 0.387 e. The number of aryl methyl sites for hydroxylation is 1. The van der Waals surface area contributed by atoms with Crippen molar-refractivity contribution in [2.75, 3.05) is 43.1 Å². The highest BCUT2D eigenvalue weighted by Crippen LogP contribution is 2.39. The number of halogens is 2. The molecular weight excluding hydrogens is 478 g/mol. The van der Waals surface area contributed by atoms with E-state index in [0.717, 1.165) is 42.5 Å². The van der Waals surface area contributed by atoms with Gasteiger partial charge in [0.05, 0.1) is 33.8 Å². The van der Waals surface area contributed by atoms with Crippen LogP contribution in [0.25, 0.3) is 22.3 Å². The molecule has 1 saturated heterocycles. The highest BCUT2D eigenvalue weighted by molar-refractivity contribution is 5.92. The lowest BCUT2D eigenvalue weighted by molar-refractivity contribution is -0.0493. The number of nitrogen functional groups attached to an aromatic ring is 1. The largest absolute Gasteiger partial charge is 0.433 e. The van der Waals surface area contributed by atoms with Crippen molar-refractivity contribution in [2.45, 2.75) is 25.5 Å². The molecule has 3 aromatic heterocycles. The second-order valence-corrected chi connectivity index (χ2v) is 9.38. The Labute approximate surface area is 213 Å². The zero-order chi connectivity index (χ0) is 26.1. The molecule has 0 atom stereocenters. The molecule has 0 aliphatic carbocycles. The molecule has 0 spiro atoms. The summed E-state index contributed by atoms with van der Waals surface area (Å²) in [7, 11) is 6.07. The first-order valence-corrected chi connectivity index (χ1v) is 12.1. The number of pyridine rings is 1. The number of hydrogen-bond acceptors (Lipinski definition) is 8. The van der Waals surface area contributed by atoms with Gasteiger partial charge in [0, 0.05) is 56.4 Å². The van der Waals surface area contributed by atoms with Crippen LogP contribution in [0.5, 0.6) is 5.75 Å². The predicted molar refractivity (Wildman–Crippen MR) is 141 cm³/mol. The first-order valence-electron chi connectivity index (χ1n) is 12.1. The van der Waals surface area contributed by atoms with Crippen molar-refractivity contribution < 1.29 is 13.5 Å². The predicted octanol–water partition coefficient (Wildman–Crippen LogP) is 4.49. The molecule has 0 saturated carbocycles. The summed E-state index contributed by atoms with van der Waals surface area (Å²) in [6, 6.07) is 9.28. The van der Waals surface area contributed by atoms with E-state index in [9.17, 15) is 8.78 Å². The van der Waals surface area contributed by atoms with Crippen LogP contribution in [-0.4, -0.2) is 64.3 Å². The van der Waals surface area contributed by atoms with Gasteiger partial charge in [-0.25, -0.2) is 9.97 Å². The lowest BCUT2D eigenvalue weighted by Gasteiger charge is -2.37. The number of fused-ring (bicyclic) bond motifs is 1. The summed E-state index contributed by atoms with van der Waals surface area (Å²) < 4.78 is 33.6. The lowest BCUT2D eigenvalue weighted by Crippen LogP contribution is -2.42. The SMILES string of the molecule is CN(C)C1CCN(c2cc(OC(F)F)c(Nc3nccc(-c4cn(C)c5cccnc45)n3)cc2N)CC1. The quantitative estimate of drug-likeness (QED) is 0.353. The minimum Gasteiger partial charge on any atom is -0.433 e. The Morgan fingerprint density at radius 1 is 1.14 bits per heavy atom. The molecule has 1 aliphatic heterocycles. The van der Waals surface area contributed by atoms with Crippen LogP contribution in [0, 0.1) is 0 Å². The fourth-order valence-corrected chi connectivity index (χ4v) is 4.86. The van der Waals surface area contributed by atoms with Gasteiger partial charge < -0.3 is 30.2 Å². The summed E-state index contributed by atoms with van der Waals surface area (Å²) in [4.78, 5) is 17.7. The van der Waals surface area contributed by atoms with Crippen LogP contribution >= 0.6 is 0 Å². The van der Waals surface area contributed by atoms with Crippen LogP contribution in [-0.2, 0) is 7.05 Å². The molecule has 0 radical (unpaired) electrons. The number of rotatable bonds is 7. The Balaban J connectivity index is 1.44. The van der Waals surface area contributed by atoms with Crippen LogP contribution in [0.15, 0.2) is 48.9 Å². The zero-order valence-corrected chi connectivity index (χ0v) is 21.0. The second kappa shape index (κ2) is 10.2. The Morgan fingerprint density at radius 2 is 1.92 bits per heavy atom. The number of nitrogens with two attached hydrogens (primary N) is 1. The number of alkyl halides is 2. The van der Waals surface area contributed by atoms with Crippen LogP contribution in [0.1, 0.15) is 12.8 Å². The summed E-state index contributed by atoms with van der Waals surface area (Å²) in [5, 5.41) is 3.02. The van der Waals surface area contributed by atoms with Gasteiger partial charge in [0.25, 0.3) is 0 Å². The monoisotopic (exact) mass is 508 g/mol. The van der Waals surface area contributed by atoms with E-state index >= 15 is 0 Å². The molecule has 9 nitrogen and oxygen atoms in total. The van der Waals surface area contributed by atoms with Crippen molar-refractivity contribution in [3.63, 3.8) is 0 Å². The second-order valence-electron chi connectivity index (χ2n) is 9.38. The highest BCUT2D eigenvalue weighted by Gasteiger charge is 2.24. The molecule has 0 unspecified atom stereocenters. The van der Waals surface area contributed by atoms with Gasteiger partial charge in [0.2, 0.25) is 5.95 Å². The van der Waals surface area contributed by atoms with E-state index in [-0.39, 0.29) is 17.4 Å². The minimum absolute atomic E-state index is 0.0187. The standard InChI is InChI=1S/C26H30F2N8O/c1-34(2)16-7-11-36(12-8-16)22-14-23(37-25(27)28)20(13-18(22)29)33-26-31-10-6-19(32-26)17-15-35(3)21-5-4-9-30-24(17)21/h4-6,9-10,13-16,25H,7-8,11-12,29H2,1-3H3,(H,31,32,33). The zero-order valence-electron chi connectivity index (χ0n) is 21.0. The maximum absolute atomic E-state index is 13.3. The van der Waals surface area contributed by atoms with Crippen LogP contribution in [0.4, 0.5) is 31.8 Å². The molecule has 37 heavy (non-hydrogen) atoms. The van der Waals surface area contributed by atoms with Gasteiger partial charge >= 0.3 is 6.61 Å². The number of benzene rings is 1. The third kappa shape index (κ3) is 5.12. The van der Waals surface area contributed by atoms with E-state index in [0.29, 0.717) is 23.1 Å². The average Bonchev–Trinajstić information content (AvgIpc) is 3.22. The molecule has 1 aromatic carbocycles. The summed E-state index contributed by atoms with van der Waals surface area (Å²) in [6.45, 7) is -1.44. The van der Waals surface area contributed by atoms with Crippen LogP contribution < -0.4 is 20.7 Å². The van der Waals surface area contributed by atoms with Crippen molar-refractivity contribution in [1.29, 1.82) is 0 Å². The van der Waals surface area contributed by atoms with Crippen molar-refractivity contribution in [3.8, 4) is 17.0 Å². The number of nitrogens with zero attached hydrogens (tertiary/aromatic N) is 6. The van der Waals surface area contributed by atoms with Crippen LogP contribution in [0.3, 0.4) is 0 Å². The topological polar surface area (TPSA) is 97.4 Å². The number of anilines is 4. The van der Waals surface area contributed by atoms with E-state index in [1.165, 1.54) is 0 Å². The molecule has 194 valence electrons. The first kappa shape index (κ1) is 24.7. The third-order valence-corrected chi connectivity index (χ3v) is 6.80. The molecule has 11 heteroatoms. The summed E-state index contributed by atoms with van der Waals surface area (Å²) >= 11 is 0. The number of nitrogens with one attached hydrogen (secondary N) is 1. The molecular formula is C26H30F2N8O. The molecule has 0 amide bonds. The highest BCUT2D eigenvalue weighted by atomic mass is 19.3. The Hall–Kier alpha value is -3.99. The Bertz CT molecular complexity index is 1400. The molecule has 1 fully saturated rings. The van der Waals surface area contributed by atoms with Gasteiger partial charge in [-0.1, -0.05) is 0 Å². The normalized spacial score (nSPS) is 14.6. The van der Waals surface area contributed by atoms with Gasteiger partial charge in [-0.05, 0) is 51.2 Å². The maximum atomic E-state index is 13.3. The van der Waals surface area contributed by atoms with Gasteiger partial charge in [-0.3, -0.25) is 4.98 Å². The van der Waals surface area contributed by atoms with Crippen molar-refractivity contribution in [2.24, 2.45) is 7.05 Å². The number of piperidine rings is 1. The number of hydrogen-bond donors (Lipinski definition) is 2. The van der Waals surface area contributed by atoms with Crippen LogP contribution in [0.2, 0.25) is 0 Å². The number of aromatic nitrogens is 4. The average molecular weight is 509 g/mol. The van der Waals surface area contributed by atoms with Crippen molar-refractivity contribution in [1.82, 2.24) is 24.4 Å². The Kier molecular flexibility index (Phi) is 6.79. The Morgan fingerprint density at radius 3 is 2.65 bits per heavy atom. The van der Waals surface area contributed by atoms with Gasteiger partial charge in [0.1, 0.15) is 0 Å². The summed E-state index contributed by atoms with van der Waals surface area (Å²) in [5.41, 5.74) is 11.1. The van der Waals surface area contributed by atoms with E-state index in [2.05, 4.69) is 44.2 Å². The first-order chi connectivity index (χ1) is 17.8. The third-order valence-electron chi connectivity index (χ3n) is 6.80. The fourth-order valence-electron chi connectivity index (χ4n) is 4.86. The molecule has 3 N–H and O–H groups in total. The van der Waals surface area contributed by atoms with Crippen molar-refractivity contribution >= 4 is 34.0 Å². The number of ether oxygens (including phenoxy) is 1. The molecule has 0 bridgehead atoms. The fraction of sp³-hybridized carbons (Fsp3) is 0.346. The van der Waals surface area contributed by atoms with Crippen molar-refractivity contribution in [3.05, 3.63) is 48.9 Å². The van der Waals surface area contributed by atoms with Gasteiger partial charge in [-0.15, -0.1) is 0 Å². The van der Waals surface area contributed by atoms with Gasteiger partial charge in [0.15, 0.2) is 5.75 Å². The van der Waals surface area contributed by atoms with E-state index in [1.54, 1.807) is 30.6 Å². The van der Waals surface area contributed by atoms with E-state index in [4.69, 9.17) is 10.5 Å². The summed E-state index contributed by atoms with van der Waals surface area (Å²) in [5.74, 6) is 0.207. The molecule has 4 heterocycles. The van der Waals surface area contributed by atoms with E-state index < -0.39 is 6.61 Å². The van der Waals surface area contributed by atoms with E-state index in [1.807, 2.05) is 29.9 Å². The summed E-state index contributed by atoms with van der Waals surface area (Å²) in [6.07, 6.45) is 7.20.